The molecule has 0 saturated carbocycles. The standard InChI is InChI=1S/C9H15N3O2.C8H6ClN.C2H6/c1-5(2)8-11-9(14-12-8)6(3)10-7(4)13;9-7-1-2-8-6(5-7)3-4-10-8;1-2/h5-6H,1-4H3,(H,10,13);1-5,10H;1-2H3. The van der Waals surface area contributed by atoms with E-state index < -0.39 is 0 Å². The third-order valence-electron chi connectivity index (χ3n) is 3.28. The summed E-state index contributed by atoms with van der Waals surface area (Å²) in [5.74, 6) is 1.24. The van der Waals surface area contributed by atoms with E-state index in [9.17, 15) is 4.79 Å². The van der Waals surface area contributed by atoms with Crippen molar-refractivity contribution >= 4 is 28.4 Å². The largest absolute Gasteiger partial charge is 0.361 e. The molecule has 1 atom stereocenters. The van der Waals surface area contributed by atoms with E-state index in [4.69, 9.17) is 16.1 Å². The predicted octanol–water partition coefficient (Wildman–Crippen LogP) is 5.24. The number of nitrogens with one attached hydrogen (secondary N) is 2. The monoisotopic (exact) mass is 378 g/mol. The van der Waals surface area contributed by atoms with Gasteiger partial charge in [-0.05, 0) is 31.2 Å². The van der Waals surface area contributed by atoms with Crippen LogP contribution in [0.25, 0.3) is 10.9 Å². The van der Waals surface area contributed by atoms with Crippen molar-refractivity contribution in [1.82, 2.24) is 20.4 Å². The number of hydrogen-bond donors (Lipinski definition) is 2. The number of benzene rings is 1. The van der Waals surface area contributed by atoms with Crippen LogP contribution in [0, 0.1) is 0 Å². The number of amides is 1. The van der Waals surface area contributed by atoms with Crippen LogP contribution in [-0.4, -0.2) is 21.0 Å². The number of aromatic nitrogens is 3. The first-order valence-corrected chi connectivity index (χ1v) is 9.08. The molecule has 26 heavy (non-hydrogen) atoms. The maximum Gasteiger partial charge on any atom is 0.248 e. The van der Waals surface area contributed by atoms with Crippen molar-refractivity contribution in [3.05, 3.63) is 47.2 Å². The highest BCUT2D eigenvalue weighted by Crippen LogP contribution is 2.17. The lowest BCUT2D eigenvalue weighted by molar-refractivity contribution is -0.119. The lowest BCUT2D eigenvalue weighted by Crippen LogP contribution is -2.23. The molecule has 2 N–H and O–H groups in total. The number of hydrogen-bond acceptors (Lipinski definition) is 4. The van der Waals surface area contributed by atoms with Crippen LogP contribution in [-0.2, 0) is 4.79 Å². The zero-order valence-electron chi connectivity index (χ0n) is 16.1. The second-order valence-electron chi connectivity index (χ2n) is 5.78. The lowest BCUT2D eigenvalue weighted by Gasteiger charge is -2.05. The number of fused-ring (bicyclic) bond motifs is 1. The second-order valence-corrected chi connectivity index (χ2v) is 6.21. The van der Waals surface area contributed by atoms with Gasteiger partial charge in [-0.2, -0.15) is 4.98 Å². The van der Waals surface area contributed by atoms with Gasteiger partial charge in [0.15, 0.2) is 5.82 Å². The molecular weight excluding hydrogens is 352 g/mol. The van der Waals surface area contributed by atoms with Gasteiger partial charge in [-0.25, -0.2) is 0 Å². The molecule has 142 valence electrons. The third kappa shape index (κ3) is 6.52. The van der Waals surface area contributed by atoms with Gasteiger partial charge in [-0.3, -0.25) is 4.79 Å². The topological polar surface area (TPSA) is 83.8 Å². The first-order valence-electron chi connectivity index (χ1n) is 8.70. The number of nitrogens with zero attached hydrogens (tertiary/aromatic N) is 2. The molecule has 1 amide bonds. The number of halogens is 1. The minimum Gasteiger partial charge on any atom is -0.361 e. The summed E-state index contributed by atoms with van der Waals surface area (Å²) in [5, 5.41) is 8.43. The molecule has 6 nitrogen and oxygen atoms in total. The Morgan fingerprint density at radius 3 is 2.50 bits per heavy atom. The highest BCUT2D eigenvalue weighted by Gasteiger charge is 2.16. The Morgan fingerprint density at radius 1 is 1.23 bits per heavy atom. The molecule has 3 rings (SSSR count). The van der Waals surface area contributed by atoms with Crippen LogP contribution in [0.4, 0.5) is 0 Å². The van der Waals surface area contributed by atoms with Crippen molar-refractivity contribution in [2.45, 2.75) is 53.5 Å². The van der Waals surface area contributed by atoms with E-state index in [0.29, 0.717) is 11.7 Å². The predicted molar refractivity (Wildman–Crippen MR) is 105 cm³/mol. The van der Waals surface area contributed by atoms with E-state index in [-0.39, 0.29) is 17.9 Å². The fraction of sp³-hybridized carbons (Fsp3) is 0.421. The van der Waals surface area contributed by atoms with Crippen molar-refractivity contribution in [3.63, 3.8) is 0 Å². The Balaban J connectivity index is 0.000000246. The van der Waals surface area contributed by atoms with Crippen molar-refractivity contribution in [2.24, 2.45) is 0 Å². The molecule has 2 aromatic heterocycles. The van der Waals surface area contributed by atoms with Gasteiger partial charge in [0, 0.05) is 35.0 Å². The fourth-order valence-corrected chi connectivity index (χ4v) is 2.23. The van der Waals surface area contributed by atoms with Gasteiger partial charge in [0.05, 0.1) is 0 Å². The molecule has 0 fully saturated rings. The maximum absolute atomic E-state index is 10.8. The summed E-state index contributed by atoms with van der Waals surface area (Å²) in [5.41, 5.74) is 1.13. The Morgan fingerprint density at radius 2 is 1.92 bits per heavy atom. The normalized spacial score (nSPS) is 11.2. The van der Waals surface area contributed by atoms with E-state index in [0.717, 1.165) is 15.9 Å². The van der Waals surface area contributed by atoms with Crippen LogP contribution >= 0.6 is 11.6 Å². The first kappa shape index (κ1) is 21.7. The van der Waals surface area contributed by atoms with Crippen LogP contribution < -0.4 is 5.32 Å². The molecule has 0 aliphatic rings. The Bertz CT molecular complexity index is 811. The minimum absolute atomic E-state index is 0.109. The molecule has 1 unspecified atom stereocenters. The van der Waals surface area contributed by atoms with Crippen LogP contribution in [0.2, 0.25) is 5.02 Å². The zero-order chi connectivity index (χ0) is 19.7. The number of carbonyl (C=O) groups is 1. The Hall–Kier alpha value is -2.34. The highest BCUT2D eigenvalue weighted by molar-refractivity contribution is 6.31. The van der Waals surface area contributed by atoms with Crippen molar-refractivity contribution in [1.29, 1.82) is 0 Å². The van der Waals surface area contributed by atoms with Crippen molar-refractivity contribution in [2.75, 3.05) is 0 Å². The summed E-state index contributed by atoms with van der Waals surface area (Å²) in [6, 6.07) is 7.56. The molecule has 0 bridgehead atoms. The average molecular weight is 379 g/mol. The first-order chi connectivity index (χ1) is 12.4. The zero-order valence-corrected chi connectivity index (χ0v) is 16.9. The fourth-order valence-electron chi connectivity index (χ4n) is 2.05. The van der Waals surface area contributed by atoms with E-state index in [1.807, 2.05) is 58.2 Å². The Labute approximate surface area is 159 Å². The lowest BCUT2D eigenvalue weighted by atomic mass is 10.2. The SMILES string of the molecule is CC.CC(=O)NC(C)c1nc(C(C)C)no1.Clc1ccc2[nH]ccc2c1. The summed E-state index contributed by atoms with van der Waals surface area (Å²) in [4.78, 5) is 18.0. The second kappa shape index (κ2) is 10.6. The summed E-state index contributed by atoms with van der Waals surface area (Å²) in [6.45, 7) is 11.2. The number of rotatable bonds is 3. The van der Waals surface area contributed by atoms with Crippen molar-refractivity contribution < 1.29 is 9.32 Å². The summed E-state index contributed by atoms with van der Waals surface area (Å²) < 4.78 is 5.01. The van der Waals surface area contributed by atoms with Gasteiger partial charge >= 0.3 is 0 Å². The molecule has 3 aromatic rings. The molecule has 1 aromatic carbocycles. The quantitative estimate of drug-likeness (QED) is 0.652. The van der Waals surface area contributed by atoms with Crippen LogP contribution in [0.5, 0.6) is 0 Å². The molecule has 0 aliphatic heterocycles. The molecule has 0 aliphatic carbocycles. The smallest absolute Gasteiger partial charge is 0.248 e. The van der Waals surface area contributed by atoms with Gasteiger partial charge in [0.1, 0.15) is 6.04 Å². The average Bonchev–Trinajstić information content (AvgIpc) is 3.25. The van der Waals surface area contributed by atoms with Gasteiger partial charge < -0.3 is 14.8 Å². The van der Waals surface area contributed by atoms with Gasteiger partial charge in [0.2, 0.25) is 11.8 Å². The van der Waals surface area contributed by atoms with Crippen LogP contribution in [0.15, 0.2) is 35.0 Å². The van der Waals surface area contributed by atoms with E-state index >= 15 is 0 Å². The van der Waals surface area contributed by atoms with Crippen LogP contribution in [0.1, 0.15) is 65.2 Å². The van der Waals surface area contributed by atoms with Crippen LogP contribution in [0.3, 0.4) is 0 Å². The number of aromatic amines is 1. The highest BCUT2D eigenvalue weighted by atomic mass is 35.5. The molecule has 0 radical (unpaired) electrons. The van der Waals surface area contributed by atoms with E-state index in [1.165, 1.54) is 6.92 Å². The summed E-state index contributed by atoms with van der Waals surface area (Å²) >= 11 is 5.76. The van der Waals surface area contributed by atoms with Gasteiger partial charge in [-0.15, -0.1) is 0 Å². The molecule has 0 saturated heterocycles. The van der Waals surface area contributed by atoms with E-state index in [2.05, 4.69) is 20.4 Å². The van der Waals surface area contributed by atoms with E-state index in [1.54, 1.807) is 6.92 Å². The summed E-state index contributed by atoms with van der Waals surface area (Å²) in [6.07, 6.45) is 1.90. The molecule has 2 heterocycles. The maximum atomic E-state index is 10.8. The molecule has 0 spiro atoms. The molecule has 7 heteroatoms. The van der Waals surface area contributed by atoms with Gasteiger partial charge in [-0.1, -0.05) is 44.5 Å². The van der Waals surface area contributed by atoms with Gasteiger partial charge in [0.25, 0.3) is 0 Å². The third-order valence-corrected chi connectivity index (χ3v) is 3.51. The minimum atomic E-state index is -0.229. The summed E-state index contributed by atoms with van der Waals surface area (Å²) in [7, 11) is 0. The Kier molecular flexibility index (Phi) is 8.85. The number of H-pyrrole nitrogens is 1. The number of carbonyl (C=O) groups excluding carboxylic acids is 1. The molecular formula is C19H27ClN4O2. The van der Waals surface area contributed by atoms with Crippen molar-refractivity contribution in [3.8, 4) is 0 Å².